The molecule has 2 aliphatic rings. The molecule has 1 aromatic heterocycles. The van der Waals surface area contributed by atoms with Gasteiger partial charge in [0.15, 0.2) is 0 Å². The van der Waals surface area contributed by atoms with Crippen LogP contribution in [0.25, 0.3) is 0 Å². The average Bonchev–Trinajstić information content (AvgIpc) is 3.21. The first-order chi connectivity index (χ1) is 8.81. The maximum atomic E-state index is 5.82. The summed E-state index contributed by atoms with van der Waals surface area (Å²) in [5.74, 6) is 0. The lowest BCUT2D eigenvalue weighted by molar-refractivity contribution is -0.0241. The molecule has 1 aliphatic heterocycles. The zero-order valence-electron chi connectivity index (χ0n) is 10.9. The number of hydrogen-bond donors (Lipinski definition) is 1. The molecule has 0 radical (unpaired) electrons. The zero-order chi connectivity index (χ0) is 12.4. The van der Waals surface area contributed by atoms with Gasteiger partial charge in [0.2, 0.25) is 0 Å². The summed E-state index contributed by atoms with van der Waals surface area (Å²) in [6.45, 7) is 5.94. The summed E-state index contributed by atoms with van der Waals surface area (Å²) in [6, 6.07) is 4.93. The van der Waals surface area contributed by atoms with E-state index >= 15 is 0 Å². The smallest absolute Gasteiger partial charge is 0.0874 e. The largest absolute Gasteiger partial charge is 0.382 e. The molecule has 1 aromatic rings. The Hall–Kier alpha value is -1.13. The van der Waals surface area contributed by atoms with Crippen molar-refractivity contribution in [3.63, 3.8) is 0 Å². The molecule has 4 nitrogen and oxygen atoms in total. The van der Waals surface area contributed by atoms with Crippen molar-refractivity contribution in [2.75, 3.05) is 31.6 Å². The molecule has 1 aliphatic carbocycles. The fraction of sp³-hybridized carbons (Fsp3) is 0.643. The predicted molar refractivity (Wildman–Crippen MR) is 71.8 cm³/mol. The van der Waals surface area contributed by atoms with Crippen LogP contribution >= 0.6 is 0 Å². The van der Waals surface area contributed by atoms with Crippen molar-refractivity contribution in [1.82, 2.24) is 9.88 Å². The Balaban J connectivity index is 1.50. The van der Waals surface area contributed by atoms with E-state index in [1.165, 1.54) is 12.8 Å². The Morgan fingerprint density at radius 2 is 2.39 bits per heavy atom. The first kappa shape index (κ1) is 11.9. The zero-order valence-corrected chi connectivity index (χ0v) is 10.9. The molecule has 1 saturated heterocycles. The summed E-state index contributed by atoms with van der Waals surface area (Å²) < 4.78 is 5.82. The lowest BCUT2D eigenvalue weighted by Gasteiger charge is -2.33. The lowest BCUT2D eigenvalue weighted by atomic mass is 10.2. The Kier molecular flexibility index (Phi) is 3.48. The molecular weight excluding hydrogens is 226 g/mol. The number of aryl methyl sites for hydroxylation is 1. The fourth-order valence-electron chi connectivity index (χ4n) is 2.52. The van der Waals surface area contributed by atoms with E-state index in [4.69, 9.17) is 4.74 Å². The van der Waals surface area contributed by atoms with Gasteiger partial charge in [0.05, 0.1) is 12.7 Å². The van der Waals surface area contributed by atoms with Gasteiger partial charge < -0.3 is 10.1 Å². The summed E-state index contributed by atoms with van der Waals surface area (Å²) in [7, 11) is 0. The second-order valence-electron chi connectivity index (χ2n) is 5.29. The van der Waals surface area contributed by atoms with E-state index in [9.17, 15) is 0 Å². The van der Waals surface area contributed by atoms with Crippen LogP contribution in [0.1, 0.15) is 18.5 Å². The van der Waals surface area contributed by atoms with Crippen molar-refractivity contribution in [3.05, 3.63) is 24.0 Å². The fourth-order valence-corrected chi connectivity index (χ4v) is 2.52. The molecule has 1 atom stereocenters. The van der Waals surface area contributed by atoms with Crippen LogP contribution in [0.4, 0.5) is 5.69 Å². The number of nitrogens with zero attached hydrogens (tertiary/aromatic N) is 2. The first-order valence-electron chi connectivity index (χ1n) is 6.83. The van der Waals surface area contributed by atoms with Crippen LogP contribution in [-0.4, -0.2) is 48.3 Å². The molecule has 0 bridgehead atoms. The molecule has 18 heavy (non-hydrogen) atoms. The summed E-state index contributed by atoms with van der Waals surface area (Å²) in [6.07, 6.45) is 4.91. The van der Waals surface area contributed by atoms with Crippen molar-refractivity contribution in [2.45, 2.75) is 31.9 Å². The highest BCUT2D eigenvalue weighted by Crippen LogP contribution is 2.28. The highest BCUT2D eigenvalue weighted by Gasteiger charge is 2.32. The number of morpholine rings is 1. The van der Waals surface area contributed by atoms with Gasteiger partial charge in [0.25, 0.3) is 0 Å². The molecule has 0 amide bonds. The molecule has 1 unspecified atom stereocenters. The normalized spacial score (nSPS) is 25.1. The third-order valence-electron chi connectivity index (χ3n) is 3.66. The number of hydrogen-bond acceptors (Lipinski definition) is 4. The highest BCUT2D eigenvalue weighted by molar-refractivity contribution is 5.42. The van der Waals surface area contributed by atoms with E-state index in [0.29, 0.717) is 6.10 Å². The van der Waals surface area contributed by atoms with Gasteiger partial charge in [-0.15, -0.1) is 0 Å². The van der Waals surface area contributed by atoms with Crippen LogP contribution < -0.4 is 5.32 Å². The van der Waals surface area contributed by atoms with Crippen molar-refractivity contribution in [2.24, 2.45) is 0 Å². The molecule has 2 heterocycles. The van der Waals surface area contributed by atoms with Crippen molar-refractivity contribution < 1.29 is 4.74 Å². The maximum absolute atomic E-state index is 5.82. The molecule has 0 aromatic carbocycles. The van der Waals surface area contributed by atoms with Gasteiger partial charge in [0, 0.05) is 43.3 Å². The number of aromatic nitrogens is 1. The van der Waals surface area contributed by atoms with Crippen LogP contribution in [-0.2, 0) is 4.74 Å². The van der Waals surface area contributed by atoms with Crippen molar-refractivity contribution in [3.8, 4) is 0 Å². The molecule has 1 N–H and O–H groups in total. The lowest BCUT2D eigenvalue weighted by Crippen LogP contribution is -2.46. The SMILES string of the molecule is Cc1cc(NCC2CN(C3CC3)CCO2)ccn1. The second kappa shape index (κ2) is 5.24. The van der Waals surface area contributed by atoms with Gasteiger partial charge in [-0.25, -0.2) is 0 Å². The highest BCUT2D eigenvalue weighted by atomic mass is 16.5. The molecule has 4 heteroatoms. The Labute approximate surface area is 108 Å². The molecule has 98 valence electrons. The van der Waals surface area contributed by atoms with Gasteiger partial charge in [-0.3, -0.25) is 9.88 Å². The van der Waals surface area contributed by atoms with E-state index < -0.39 is 0 Å². The maximum Gasteiger partial charge on any atom is 0.0874 e. The summed E-state index contributed by atoms with van der Waals surface area (Å²) in [4.78, 5) is 6.78. The minimum absolute atomic E-state index is 0.313. The van der Waals surface area contributed by atoms with Gasteiger partial charge >= 0.3 is 0 Å². The minimum atomic E-state index is 0.313. The van der Waals surface area contributed by atoms with Crippen LogP contribution in [0, 0.1) is 6.92 Å². The van der Waals surface area contributed by atoms with Gasteiger partial charge in [-0.05, 0) is 31.9 Å². The topological polar surface area (TPSA) is 37.4 Å². The quantitative estimate of drug-likeness (QED) is 0.878. The third-order valence-corrected chi connectivity index (χ3v) is 3.66. The van der Waals surface area contributed by atoms with Gasteiger partial charge in [0.1, 0.15) is 0 Å². The number of anilines is 1. The van der Waals surface area contributed by atoms with E-state index in [-0.39, 0.29) is 0 Å². The summed E-state index contributed by atoms with van der Waals surface area (Å²) >= 11 is 0. The van der Waals surface area contributed by atoms with Crippen molar-refractivity contribution >= 4 is 5.69 Å². The van der Waals surface area contributed by atoms with Crippen LogP contribution in [0.2, 0.25) is 0 Å². The summed E-state index contributed by atoms with van der Waals surface area (Å²) in [5, 5.41) is 3.44. The van der Waals surface area contributed by atoms with E-state index in [0.717, 1.165) is 43.7 Å². The van der Waals surface area contributed by atoms with Crippen LogP contribution in [0.5, 0.6) is 0 Å². The molecule has 1 saturated carbocycles. The second-order valence-corrected chi connectivity index (χ2v) is 5.29. The Bertz CT molecular complexity index is 406. The minimum Gasteiger partial charge on any atom is -0.382 e. The predicted octanol–water partition coefficient (Wildman–Crippen LogP) is 1.67. The third kappa shape index (κ3) is 3.00. The number of rotatable bonds is 4. The van der Waals surface area contributed by atoms with Gasteiger partial charge in [-0.1, -0.05) is 0 Å². The standard InChI is InChI=1S/C14H21N3O/c1-11-8-12(4-5-15-11)16-9-14-10-17(6-7-18-14)13-2-3-13/h4-5,8,13-14H,2-3,6-7,9-10H2,1H3,(H,15,16). The summed E-state index contributed by atoms with van der Waals surface area (Å²) in [5.41, 5.74) is 2.18. The monoisotopic (exact) mass is 247 g/mol. The van der Waals surface area contributed by atoms with E-state index in [2.05, 4.69) is 21.3 Å². The van der Waals surface area contributed by atoms with E-state index in [1.54, 1.807) is 0 Å². The number of ether oxygens (including phenoxy) is 1. The molecule has 2 fully saturated rings. The van der Waals surface area contributed by atoms with Crippen molar-refractivity contribution in [1.29, 1.82) is 0 Å². The van der Waals surface area contributed by atoms with Crippen LogP contribution in [0.3, 0.4) is 0 Å². The number of pyridine rings is 1. The Morgan fingerprint density at radius 3 is 3.17 bits per heavy atom. The molecule has 0 spiro atoms. The Morgan fingerprint density at radius 1 is 1.50 bits per heavy atom. The van der Waals surface area contributed by atoms with Gasteiger partial charge in [-0.2, -0.15) is 0 Å². The average molecular weight is 247 g/mol. The first-order valence-corrected chi connectivity index (χ1v) is 6.83. The number of nitrogens with one attached hydrogen (secondary N) is 1. The molecule has 3 rings (SSSR count). The molecular formula is C14H21N3O. The van der Waals surface area contributed by atoms with Crippen LogP contribution in [0.15, 0.2) is 18.3 Å². The van der Waals surface area contributed by atoms with E-state index in [1.807, 2.05) is 19.2 Å².